The van der Waals surface area contributed by atoms with Crippen molar-refractivity contribution >= 4 is 34.0 Å². The fourth-order valence-electron chi connectivity index (χ4n) is 1.16. The quantitative estimate of drug-likeness (QED) is 0.821. The van der Waals surface area contributed by atoms with Gasteiger partial charge in [-0.3, -0.25) is 0 Å². The first-order valence-electron chi connectivity index (χ1n) is 4.87. The lowest BCUT2D eigenvalue weighted by Crippen LogP contribution is -2.04. The molecule has 0 amide bonds. The summed E-state index contributed by atoms with van der Waals surface area (Å²) >= 11 is 6.73. The molecule has 1 aromatic rings. The molecule has 0 aliphatic heterocycles. The zero-order valence-corrected chi connectivity index (χ0v) is 10.3. The molecule has 0 atom stereocenters. The molecule has 0 bridgehead atoms. The van der Waals surface area contributed by atoms with Crippen LogP contribution >= 0.6 is 24.0 Å². The van der Waals surface area contributed by atoms with Crippen LogP contribution in [-0.2, 0) is 11.5 Å². The van der Waals surface area contributed by atoms with Gasteiger partial charge >= 0.3 is 0 Å². The topological polar surface area (TPSA) is 31.9 Å². The number of anilines is 1. The van der Waals surface area contributed by atoms with Crippen LogP contribution in [0.15, 0.2) is 24.3 Å². The standard InChI is InChI=1S/C11H14NOS2/c1-2-15-11(14)12-10-5-3-9(4-6-10)7-8-13/h3-6H,2,7-8H2,1H3,(H,12,14). The number of rotatable bonds is 4. The number of thioether (sulfide) groups is 1. The van der Waals surface area contributed by atoms with E-state index in [1.165, 1.54) is 0 Å². The Morgan fingerprint density at radius 2 is 2.07 bits per heavy atom. The van der Waals surface area contributed by atoms with Crippen molar-refractivity contribution in [1.82, 2.24) is 0 Å². The predicted octanol–water partition coefficient (Wildman–Crippen LogP) is 3.11. The van der Waals surface area contributed by atoms with Gasteiger partial charge in [-0.05, 0) is 29.9 Å². The normalized spacial score (nSPS) is 10.0. The van der Waals surface area contributed by atoms with Crippen LogP contribution in [0.2, 0.25) is 0 Å². The van der Waals surface area contributed by atoms with Crippen molar-refractivity contribution in [3.8, 4) is 0 Å². The molecule has 0 saturated heterocycles. The fourth-order valence-corrected chi connectivity index (χ4v) is 2.08. The van der Waals surface area contributed by atoms with Crippen LogP contribution in [0.1, 0.15) is 12.5 Å². The molecule has 0 fully saturated rings. The molecular weight excluding hydrogens is 226 g/mol. The lowest BCUT2D eigenvalue weighted by Gasteiger charge is -2.06. The Labute approximate surface area is 100 Å². The van der Waals surface area contributed by atoms with E-state index in [0.717, 1.165) is 21.3 Å². The maximum atomic E-state index is 10.4. The summed E-state index contributed by atoms with van der Waals surface area (Å²) in [6, 6.07) is 7.82. The van der Waals surface area contributed by atoms with Gasteiger partial charge in [-0.2, -0.15) is 0 Å². The van der Waals surface area contributed by atoms with E-state index < -0.39 is 0 Å². The average molecular weight is 240 g/mol. The van der Waals surface area contributed by atoms with Crippen LogP contribution in [0.25, 0.3) is 0 Å². The molecule has 4 heteroatoms. The Bertz CT molecular complexity index is 311. The van der Waals surface area contributed by atoms with Gasteiger partial charge in [0.05, 0.1) is 6.61 Å². The van der Waals surface area contributed by atoms with Gasteiger partial charge in [-0.15, -0.1) is 0 Å². The van der Waals surface area contributed by atoms with E-state index in [4.69, 9.17) is 12.2 Å². The molecule has 15 heavy (non-hydrogen) atoms. The summed E-state index contributed by atoms with van der Waals surface area (Å²) in [5, 5.41) is 13.5. The summed E-state index contributed by atoms with van der Waals surface area (Å²) in [4.78, 5) is 0. The van der Waals surface area contributed by atoms with E-state index in [1.54, 1.807) is 11.8 Å². The average Bonchev–Trinajstić information content (AvgIpc) is 2.22. The SMILES string of the molecule is CCSC(=S)Nc1ccc(CC[O])cc1. The van der Waals surface area contributed by atoms with E-state index in [1.807, 2.05) is 24.3 Å². The molecule has 81 valence electrons. The van der Waals surface area contributed by atoms with Gasteiger partial charge in [0.1, 0.15) is 4.32 Å². The fraction of sp³-hybridized carbons (Fsp3) is 0.364. The Morgan fingerprint density at radius 3 is 2.60 bits per heavy atom. The maximum Gasteiger partial charge on any atom is 0.138 e. The number of hydrogen-bond acceptors (Lipinski definition) is 2. The molecule has 0 aromatic heterocycles. The van der Waals surface area contributed by atoms with Gasteiger partial charge in [0.2, 0.25) is 0 Å². The zero-order valence-electron chi connectivity index (χ0n) is 8.66. The molecule has 0 spiro atoms. The zero-order chi connectivity index (χ0) is 11.1. The molecule has 1 aromatic carbocycles. The van der Waals surface area contributed by atoms with Gasteiger partial charge < -0.3 is 5.32 Å². The Morgan fingerprint density at radius 1 is 1.40 bits per heavy atom. The van der Waals surface area contributed by atoms with Crippen LogP contribution < -0.4 is 5.32 Å². The first-order chi connectivity index (χ1) is 7.26. The van der Waals surface area contributed by atoms with Crippen molar-refractivity contribution in [2.75, 3.05) is 17.7 Å². The number of nitrogens with one attached hydrogen (secondary N) is 1. The highest BCUT2D eigenvalue weighted by atomic mass is 32.2. The highest BCUT2D eigenvalue weighted by Crippen LogP contribution is 2.13. The minimum Gasteiger partial charge on any atom is -0.341 e. The third-order valence-electron chi connectivity index (χ3n) is 1.87. The van der Waals surface area contributed by atoms with Crippen LogP contribution in [0.5, 0.6) is 0 Å². The summed E-state index contributed by atoms with van der Waals surface area (Å²) in [6.45, 7) is 2.01. The van der Waals surface area contributed by atoms with E-state index in [9.17, 15) is 5.11 Å². The monoisotopic (exact) mass is 240 g/mol. The van der Waals surface area contributed by atoms with E-state index >= 15 is 0 Å². The smallest absolute Gasteiger partial charge is 0.138 e. The maximum absolute atomic E-state index is 10.4. The molecule has 0 aliphatic carbocycles. The van der Waals surface area contributed by atoms with E-state index in [0.29, 0.717) is 6.42 Å². The van der Waals surface area contributed by atoms with Crippen molar-refractivity contribution in [3.05, 3.63) is 29.8 Å². The summed E-state index contributed by atoms with van der Waals surface area (Å²) in [5.41, 5.74) is 2.06. The second-order valence-corrected chi connectivity index (χ2v) is 4.94. The molecular formula is C11H14NOS2. The molecule has 0 unspecified atom stereocenters. The van der Waals surface area contributed by atoms with Gasteiger partial charge in [0, 0.05) is 5.69 Å². The molecule has 2 nitrogen and oxygen atoms in total. The Hall–Kier alpha value is -0.580. The lowest BCUT2D eigenvalue weighted by molar-refractivity contribution is 0.197. The van der Waals surface area contributed by atoms with Crippen molar-refractivity contribution in [3.63, 3.8) is 0 Å². The number of benzene rings is 1. The number of thiocarbonyl (C=S) groups is 1. The van der Waals surface area contributed by atoms with Gasteiger partial charge in [-0.1, -0.05) is 43.0 Å². The molecule has 1 N–H and O–H groups in total. The van der Waals surface area contributed by atoms with Crippen LogP contribution in [0.4, 0.5) is 5.69 Å². The third-order valence-corrected chi connectivity index (χ3v) is 2.98. The Kier molecular flexibility index (Phi) is 5.68. The third kappa shape index (κ3) is 4.64. The van der Waals surface area contributed by atoms with E-state index in [2.05, 4.69) is 12.2 Å². The lowest BCUT2D eigenvalue weighted by atomic mass is 10.1. The number of hydrogen-bond donors (Lipinski definition) is 1. The first-order valence-corrected chi connectivity index (χ1v) is 6.26. The van der Waals surface area contributed by atoms with Crippen LogP contribution in [0.3, 0.4) is 0 Å². The van der Waals surface area contributed by atoms with Crippen molar-refractivity contribution in [2.24, 2.45) is 0 Å². The largest absolute Gasteiger partial charge is 0.341 e. The minimum absolute atomic E-state index is 0.0587. The van der Waals surface area contributed by atoms with Crippen LogP contribution in [-0.4, -0.2) is 16.7 Å². The molecule has 1 radical (unpaired) electrons. The van der Waals surface area contributed by atoms with Crippen molar-refractivity contribution in [2.45, 2.75) is 13.3 Å². The first kappa shape index (κ1) is 12.5. The molecule has 0 saturated carbocycles. The summed E-state index contributed by atoms with van der Waals surface area (Å²) in [6.07, 6.45) is 0.592. The summed E-state index contributed by atoms with van der Waals surface area (Å²) in [7, 11) is 0. The van der Waals surface area contributed by atoms with Gasteiger partial charge in [0.15, 0.2) is 0 Å². The Balaban J connectivity index is 2.52. The second-order valence-electron chi connectivity index (χ2n) is 3.00. The molecule has 0 heterocycles. The van der Waals surface area contributed by atoms with Gasteiger partial charge in [0.25, 0.3) is 0 Å². The predicted molar refractivity (Wildman–Crippen MR) is 70.1 cm³/mol. The minimum atomic E-state index is -0.0587. The highest BCUT2D eigenvalue weighted by Gasteiger charge is 1.97. The summed E-state index contributed by atoms with van der Waals surface area (Å²) < 4.78 is 0.786. The summed E-state index contributed by atoms with van der Waals surface area (Å²) in [5.74, 6) is 0.972. The molecule has 1 rings (SSSR count). The van der Waals surface area contributed by atoms with Crippen molar-refractivity contribution < 1.29 is 5.11 Å². The van der Waals surface area contributed by atoms with Crippen molar-refractivity contribution in [1.29, 1.82) is 0 Å². The van der Waals surface area contributed by atoms with Crippen LogP contribution in [0, 0.1) is 0 Å². The highest BCUT2D eigenvalue weighted by molar-refractivity contribution is 8.23. The van der Waals surface area contributed by atoms with Gasteiger partial charge in [-0.25, -0.2) is 5.11 Å². The molecule has 0 aliphatic rings. The second kappa shape index (κ2) is 6.82. The van der Waals surface area contributed by atoms with E-state index in [-0.39, 0.29) is 6.61 Å².